The summed E-state index contributed by atoms with van der Waals surface area (Å²) in [7, 11) is 0. The van der Waals surface area contributed by atoms with E-state index in [0.717, 1.165) is 6.42 Å². The molecule has 0 spiro atoms. The Morgan fingerprint density at radius 3 is 2.57 bits per heavy atom. The van der Waals surface area contributed by atoms with Crippen molar-refractivity contribution in [1.82, 2.24) is 5.32 Å². The number of benzene rings is 2. The summed E-state index contributed by atoms with van der Waals surface area (Å²) in [6.45, 7) is 2.76. The third kappa shape index (κ3) is 3.58. The zero-order valence-corrected chi connectivity index (χ0v) is 15.5. The molecule has 150 valence electrons. The van der Waals surface area contributed by atoms with Crippen molar-refractivity contribution in [2.75, 3.05) is 13.2 Å². The monoisotopic (exact) mass is 393 g/mol. The van der Waals surface area contributed by atoms with E-state index in [-0.39, 0.29) is 35.8 Å². The first kappa shape index (κ1) is 20.2. The number of aliphatic hydroxyl groups is 1. The topological polar surface area (TPSA) is 58.6 Å². The molecule has 1 atom stereocenters. The van der Waals surface area contributed by atoms with Crippen LogP contribution in [0.25, 0.3) is 11.1 Å². The Morgan fingerprint density at radius 2 is 1.86 bits per heavy atom. The zero-order valence-electron chi connectivity index (χ0n) is 15.5. The maximum atomic E-state index is 13.8. The summed E-state index contributed by atoms with van der Waals surface area (Å²) in [5.74, 6) is 0.143. The predicted octanol–water partition coefficient (Wildman–Crippen LogP) is 4.15. The molecule has 0 heterocycles. The first-order chi connectivity index (χ1) is 13.3. The highest BCUT2D eigenvalue weighted by Crippen LogP contribution is 2.55. The highest BCUT2D eigenvalue weighted by molar-refractivity contribution is 5.81. The van der Waals surface area contributed by atoms with Gasteiger partial charge in [-0.2, -0.15) is 13.2 Å². The normalized spacial score (nSPS) is 17.8. The summed E-state index contributed by atoms with van der Waals surface area (Å²) in [4.78, 5) is 11.6. The molecule has 1 aliphatic carbocycles. The Hall–Kier alpha value is -2.54. The number of amides is 1. The number of hydrogen-bond acceptors (Lipinski definition) is 3. The van der Waals surface area contributed by atoms with Gasteiger partial charge in [0.25, 0.3) is 0 Å². The van der Waals surface area contributed by atoms with Crippen LogP contribution in [0.4, 0.5) is 13.2 Å². The summed E-state index contributed by atoms with van der Waals surface area (Å²) in [5, 5.41) is 13.4. The largest absolute Gasteiger partial charge is 0.494 e. The molecule has 2 aromatic carbocycles. The average molecular weight is 393 g/mol. The van der Waals surface area contributed by atoms with Crippen LogP contribution in [0.15, 0.2) is 42.5 Å². The SMILES string of the molecule is CCCNC(=O)CCCOc1ccc2c(c1)C(O)(C(F)(F)F)c1ccccc1-2. The Balaban J connectivity index is 1.77. The van der Waals surface area contributed by atoms with Crippen molar-refractivity contribution in [3.05, 3.63) is 53.6 Å². The molecule has 0 bridgehead atoms. The molecular weight excluding hydrogens is 371 g/mol. The lowest BCUT2D eigenvalue weighted by Gasteiger charge is -2.28. The molecule has 0 aliphatic heterocycles. The van der Waals surface area contributed by atoms with Crippen molar-refractivity contribution in [3.63, 3.8) is 0 Å². The first-order valence-electron chi connectivity index (χ1n) is 9.22. The molecule has 0 fully saturated rings. The number of halogens is 3. The fourth-order valence-corrected chi connectivity index (χ4v) is 3.41. The summed E-state index contributed by atoms with van der Waals surface area (Å²) in [6.07, 6.45) is -3.30. The number of alkyl halides is 3. The summed E-state index contributed by atoms with van der Waals surface area (Å²) in [6, 6.07) is 10.3. The third-order valence-electron chi connectivity index (χ3n) is 4.79. The second kappa shape index (κ2) is 7.83. The van der Waals surface area contributed by atoms with Crippen LogP contribution in [-0.4, -0.2) is 30.3 Å². The molecule has 0 radical (unpaired) electrons. The Morgan fingerprint density at radius 1 is 1.14 bits per heavy atom. The number of rotatable bonds is 7. The number of carbonyl (C=O) groups excluding carboxylic acids is 1. The number of fused-ring (bicyclic) bond motifs is 3. The molecule has 28 heavy (non-hydrogen) atoms. The third-order valence-corrected chi connectivity index (χ3v) is 4.79. The smallest absolute Gasteiger partial charge is 0.425 e. The van der Waals surface area contributed by atoms with Crippen LogP contribution < -0.4 is 10.1 Å². The van der Waals surface area contributed by atoms with Crippen molar-refractivity contribution in [2.24, 2.45) is 0 Å². The van der Waals surface area contributed by atoms with E-state index in [4.69, 9.17) is 4.74 Å². The summed E-state index contributed by atoms with van der Waals surface area (Å²) >= 11 is 0. The second-order valence-electron chi connectivity index (χ2n) is 6.76. The molecule has 2 N–H and O–H groups in total. The van der Waals surface area contributed by atoms with Crippen LogP contribution in [0.2, 0.25) is 0 Å². The minimum atomic E-state index is -4.87. The van der Waals surface area contributed by atoms with Crippen molar-refractivity contribution in [2.45, 2.75) is 38.0 Å². The van der Waals surface area contributed by atoms with Crippen LogP contribution in [0, 0.1) is 0 Å². The predicted molar refractivity (Wildman–Crippen MR) is 99.0 cm³/mol. The molecule has 3 rings (SSSR count). The van der Waals surface area contributed by atoms with Crippen LogP contribution in [0.5, 0.6) is 5.75 Å². The van der Waals surface area contributed by atoms with E-state index < -0.39 is 11.8 Å². The maximum absolute atomic E-state index is 13.8. The van der Waals surface area contributed by atoms with Gasteiger partial charge in [-0.3, -0.25) is 4.79 Å². The molecule has 0 saturated carbocycles. The molecular formula is C21H22F3NO3. The minimum Gasteiger partial charge on any atom is -0.494 e. The van der Waals surface area contributed by atoms with Crippen molar-refractivity contribution in [3.8, 4) is 16.9 Å². The van der Waals surface area contributed by atoms with Gasteiger partial charge in [-0.1, -0.05) is 37.3 Å². The van der Waals surface area contributed by atoms with Crippen molar-refractivity contribution < 1.29 is 27.8 Å². The van der Waals surface area contributed by atoms with Gasteiger partial charge < -0.3 is 15.2 Å². The van der Waals surface area contributed by atoms with E-state index in [1.807, 2.05) is 6.92 Å². The average Bonchev–Trinajstić information content (AvgIpc) is 2.93. The molecule has 4 nitrogen and oxygen atoms in total. The van der Waals surface area contributed by atoms with Crippen LogP contribution in [0.3, 0.4) is 0 Å². The molecule has 1 unspecified atom stereocenters. The Kier molecular flexibility index (Phi) is 5.65. The van der Waals surface area contributed by atoms with Crippen molar-refractivity contribution in [1.29, 1.82) is 0 Å². The number of ether oxygens (including phenoxy) is 1. The zero-order chi connectivity index (χ0) is 20.4. The van der Waals surface area contributed by atoms with Gasteiger partial charge in [-0.05, 0) is 36.1 Å². The van der Waals surface area contributed by atoms with Gasteiger partial charge >= 0.3 is 6.18 Å². The van der Waals surface area contributed by atoms with Gasteiger partial charge in [0.2, 0.25) is 11.5 Å². The first-order valence-corrected chi connectivity index (χ1v) is 9.22. The van der Waals surface area contributed by atoms with Crippen LogP contribution in [-0.2, 0) is 10.4 Å². The van der Waals surface area contributed by atoms with E-state index in [0.29, 0.717) is 24.1 Å². The van der Waals surface area contributed by atoms with E-state index in [1.165, 1.54) is 24.3 Å². The maximum Gasteiger partial charge on any atom is 0.425 e. The lowest BCUT2D eigenvalue weighted by Crippen LogP contribution is -2.41. The number of carbonyl (C=O) groups is 1. The van der Waals surface area contributed by atoms with E-state index >= 15 is 0 Å². The number of hydrogen-bond donors (Lipinski definition) is 2. The molecule has 1 amide bonds. The standard InChI is InChI=1S/C21H22F3NO3/c1-2-11-25-19(26)8-5-12-28-14-9-10-16-15-6-3-4-7-17(15)20(27,18(16)13-14)21(22,23)24/h3-4,6-7,9-10,13,27H,2,5,8,11-12H2,1H3,(H,25,26). The van der Waals surface area contributed by atoms with Gasteiger partial charge in [0, 0.05) is 24.1 Å². The second-order valence-corrected chi connectivity index (χ2v) is 6.76. The van der Waals surface area contributed by atoms with Gasteiger partial charge in [0.05, 0.1) is 6.61 Å². The van der Waals surface area contributed by atoms with Gasteiger partial charge in [0.15, 0.2) is 0 Å². The van der Waals surface area contributed by atoms with E-state index in [1.54, 1.807) is 18.2 Å². The molecule has 1 aliphatic rings. The quantitative estimate of drug-likeness (QED) is 0.695. The van der Waals surface area contributed by atoms with E-state index in [9.17, 15) is 23.1 Å². The summed E-state index contributed by atoms with van der Waals surface area (Å²) < 4.78 is 46.9. The Labute approximate surface area is 161 Å². The molecule has 0 saturated heterocycles. The van der Waals surface area contributed by atoms with Gasteiger partial charge in [-0.15, -0.1) is 0 Å². The molecule has 7 heteroatoms. The summed E-state index contributed by atoms with van der Waals surface area (Å²) in [5.41, 5.74) is -2.79. The lowest BCUT2D eigenvalue weighted by atomic mass is 9.91. The highest BCUT2D eigenvalue weighted by Gasteiger charge is 2.60. The van der Waals surface area contributed by atoms with Gasteiger partial charge in [0.1, 0.15) is 5.75 Å². The number of nitrogens with one attached hydrogen (secondary N) is 1. The highest BCUT2D eigenvalue weighted by atomic mass is 19.4. The molecule has 2 aromatic rings. The fraction of sp³-hybridized carbons (Fsp3) is 0.381. The van der Waals surface area contributed by atoms with E-state index in [2.05, 4.69) is 5.32 Å². The lowest BCUT2D eigenvalue weighted by molar-refractivity contribution is -0.246. The fourth-order valence-electron chi connectivity index (χ4n) is 3.41. The van der Waals surface area contributed by atoms with Crippen LogP contribution >= 0.6 is 0 Å². The van der Waals surface area contributed by atoms with Crippen LogP contribution in [0.1, 0.15) is 37.3 Å². The minimum absolute atomic E-state index is 0.0821. The Bertz CT molecular complexity index is 866. The molecule has 0 aromatic heterocycles. The van der Waals surface area contributed by atoms with Gasteiger partial charge in [-0.25, -0.2) is 0 Å². The van der Waals surface area contributed by atoms with Crippen molar-refractivity contribution >= 4 is 5.91 Å².